The summed E-state index contributed by atoms with van der Waals surface area (Å²) < 4.78 is 4.20. The van der Waals surface area contributed by atoms with Gasteiger partial charge < -0.3 is 5.11 Å². The molecular formula is C12H10BrN5O2S. The second-order valence-electron chi connectivity index (χ2n) is 4.41. The van der Waals surface area contributed by atoms with Gasteiger partial charge in [-0.3, -0.25) is 4.68 Å². The van der Waals surface area contributed by atoms with Crippen LogP contribution >= 0.6 is 27.3 Å². The minimum atomic E-state index is -1.10. The number of aromatic carboxylic acids is 1. The maximum atomic E-state index is 11.3. The Hall–Kier alpha value is -2.00. The molecule has 0 unspecified atom stereocenters. The van der Waals surface area contributed by atoms with Crippen LogP contribution in [0, 0.1) is 0 Å². The van der Waals surface area contributed by atoms with Crippen molar-refractivity contribution < 1.29 is 9.90 Å². The zero-order chi connectivity index (χ0) is 15.0. The van der Waals surface area contributed by atoms with Crippen LogP contribution in [0.15, 0.2) is 27.6 Å². The van der Waals surface area contributed by atoms with Crippen molar-refractivity contribution >= 4 is 33.2 Å². The molecule has 3 aromatic rings. The number of halogens is 1. The van der Waals surface area contributed by atoms with E-state index < -0.39 is 5.97 Å². The molecule has 0 fully saturated rings. The smallest absolute Gasteiger partial charge is 0.358 e. The molecule has 0 aromatic carbocycles. The molecule has 0 radical (unpaired) electrons. The highest BCUT2D eigenvalue weighted by Crippen LogP contribution is 2.25. The van der Waals surface area contributed by atoms with Crippen LogP contribution in [0.1, 0.15) is 16.1 Å². The highest BCUT2D eigenvalue weighted by atomic mass is 79.9. The van der Waals surface area contributed by atoms with Crippen LogP contribution < -0.4 is 0 Å². The molecule has 0 saturated heterocycles. The fourth-order valence-corrected chi connectivity index (χ4v) is 3.20. The molecule has 108 valence electrons. The van der Waals surface area contributed by atoms with E-state index in [4.69, 9.17) is 0 Å². The first-order valence-corrected chi connectivity index (χ1v) is 7.60. The van der Waals surface area contributed by atoms with Crippen LogP contribution in [0.25, 0.3) is 11.3 Å². The first-order valence-electron chi connectivity index (χ1n) is 5.93. The minimum absolute atomic E-state index is 0.0719. The fourth-order valence-electron chi connectivity index (χ4n) is 2.00. The molecule has 0 atom stereocenters. The van der Waals surface area contributed by atoms with Gasteiger partial charge in [-0.1, -0.05) is 5.21 Å². The predicted molar refractivity (Wildman–Crippen MR) is 80.3 cm³/mol. The second kappa shape index (κ2) is 5.41. The first-order chi connectivity index (χ1) is 10.0. The van der Waals surface area contributed by atoms with Crippen molar-refractivity contribution in [3.63, 3.8) is 0 Å². The Kier molecular flexibility index (Phi) is 3.60. The van der Waals surface area contributed by atoms with Crippen LogP contribution in [0.3, 0.4) is 0 Å². The van der Waals surface area contributed by atoms with Gasteiger partial charge in [0.05, 0.1) is 16.5 Å². The maximum Gasteiger partial charge on any atom is 0.358 e. The predicted octanol–water partition coefficient (Wildman–Crippen LogP) is 2.25. The van der Waals surface area contributed by atoms with E-state index in [1.807, 2.05) is 11.4 Å². The Morgan fingerprint density at radius 1 is 1.52 bits per heavy atom. The normalized spacial score (nSPS) is 11.0. The second-order valence-corrected chi connectivity index (χ2v) is 6.70. The van der Waals surface area contributed by atoms with Gasteiger partial charge in [0.15, 0.2) is 5.69 Å². The van der Waals surface area contributed by atoms with Crippen molar-refractivity contribution in [1.82, 2.24) is 24.8 Å². The molecule has 0 amide bonds. The third-order valence-corrected chi connectivity index (χ3v) is 4.42. The van der Waals surface area contributed by atoms with Gasteiger partial charge in [0.25, 0.3) is 0 Å². The lowest BCUT2D eigenvalue weighted by atomic mass is 10.2. The molecule has 3 heterocycles. The Labute approximate surface area is 132 Å². The van der Waals surface area contributed by atoms with E-state index in [1.165, 1.54) is 0 Å². The van der Waals surface area contributed by atoms with Crippen molar-refractivity contribution in [2.24, 2.45) is 7.05 Å². The molecule has 0 aliphatic rings. The van der Waals surface area contributed by atoms with Gasteiger partial charge in [0.2, 0.25) is 0 Å². The minimum Gasteiger partial charge on any atom is -0.476 e. The molecule has 0 aliphatic heterocycles. The highest BCUT2D eigenvalue weighted by molar-refractivity contribution is 9.11. The average molecular weight is 368 g/mol. The van der Waals surface area contributed by atoms with Crippen LogP contribution in [-0.4, -0.2) is 35.9 Å². The topological polar surface area (TPSA) is 85.8 Å². The van der Waals surface area contributed by atoms with E-state index in [1.54, 1.807) is 40.1 Å². The third kappa shape index (κ3) is 2.74. The van der Waals surface area contributed by atoms with Gasteiger partial charge in [-0.05, 0) is 32.9 Å². The molecular weight excluding hydrogens is 358 g/mol. The molecule has 0 bridgehead atoms. The summed E-state index contributed by atoms with van der Waals surface area (Å²) in [6.07, 6.45) is 3.34. The number of carbonyl (C=O) groups is 1. The fraction of sp³-hybridized carbons (Fsp3) is 0.167. The van der Waals surface area contributed by atoms with Gasteiger partial charge in [-0.15, -0.1) is 16.4 Å². The zero-order valence-corrected chi connectivity index (χ0v) is 13.3. The molecule has 21 heavy (non-hydrogen) atoms. The van der Waals surface area contributed by atoms with E-state index in [0.717, 1.165) is 9.35 Å². The molecule has 7 nitrogen and oxygen atoms in total. The number of aromatic nitrogens is 5. The summed E-state index contributed by atoms with van der Waals surface area (Å²) in [5.41, 5.74) is 2.09. The number of carboxylic acid groups (broad SMARTS) is 1. The van der Waals surface area contributed by atoms with Gasteiger partial charge in [-0.25, -0.2) is 9.48 Å². The van der Waals surface area contributed by atoms with E-state index in [2.05, 4.69) is 31.3 Å². The van der Waals surface area contributed by atoms with Crippen molar-refractivity contribution in [1.29, 1.82) is 0 Å². The Morgan fingerprint density at radius 2 is 2.33 bits per heavy atom. The number of rotatable bonds is 4. The van der Waals surface area contributed by atoms with Gasteiger partial charge in [0, 0.05) is 18.8 Å². The van der Waals surface area contributed by atoms with Crippen molar-refractivity contribution in [3.05, 3.63) is 38.9 Å². The van der Waals surface area contributed by atoms with E-state index in [-0.39, 0.29) is 5.69 Å². The lowest BCUT2D eigenvalue weighted by molar-refractivity contribution is 0.0691. The van der Waals surface area contributed by atoms with Gasteiger partial charge >= 0.3 is 5.97 Å². The summed E-state index contributed by atoms with van der Waals surface area (Å²) in [6, 6.07) is 1.97. The van der Waals surface area contributed by atoms with Crippen LogP contribution in [0.2, 0.25) is 0 Å². The van der Waals surface area contributed by atoms with E-state index >= 15 is 0 Å². The van der Waals surface area contributed by atoms with Gasteiger partial charge in [-0.2, -0.15) is 5.10 Å². The molecule has 1 N–H and O–H groups in total. The monoisotopic (exact) mass is 367 g/mol. The quantitative estimate of drug-likeness (QED) is 0.764. The van der Waals surface area contributed by atoms with Crippen molar-refractivity contribution in [2.75, 3.05) is 0 Å². The average Bonchev–Trinajstić information content (AvgIpc) is 3.10. The number of nitrogens with zero attached hydrogens (tertiary/aromatic N) is 5. The number of thiophene rings is 1. The maximum absolute atomic E-state index is 11.3. The number of aryl methyl sites for hydroxylation is 1. The Bertz CT molecular complexity index is 806. The first kappa shape index (κ1) is 14.0. The van der Waals surface area contributed by atoms with Crippen molar-refractivity contribution in [2.45, 2.75) is 6.54 Å². The Balaban J connectivity index is 2.06. The summed E-state index contributed by atoms with van der Waals surface area (Å²) in [5.74, 6) is -1.10. The molecule has 3 rings (SSSR count). The number of carboxylic acids is 1. The number of hydrogen-bond donors (Lipinski definition) is 1. The van der Waals surface area contributed by atoms with E-state index in [0.29, 0.717) is 17.8 Å². The lowest BCUT2D eigenvalue weighted by Crippen LogP contribution is -2.05. The largest absolute Gasteiger partial charge is 0.476 e. The van der Waals surface area contributed by atoms with Gasteiger partial charge in [0.1, 0.15) is 5.69 Å². The zero-order valence-electron chi connectivity index (χ0n) is 10.9. The van der Waals surface area contributed by atoms with Crippen LogP contribution in [0.5, 0.6) is 0 Å². The highest BCUT2D eigenvalue weighted by Gasteiger charge is 2.21. The molecule has 9 heteroatoms. The lowest BCUT2D eigenvalue weighted by Gasteiger charge is -2.03. The molecule has 0 spiro atoms. The number of hydrogen-bond acceptors (Lipinski definition) is 5. The summed E-state index contributed by atoms with van der Waals surface area (Å²) >= 11 is 4.97. The standard InChI is InChI=1S/C12H10BrN5O2S/c1-17-5-8(3-14-17)11-10(12(19)20)15-16-18(11)4-7-2-9(13)21-6-7/h2-3,5-6H,4H2,1H3,(H,19,20). The van der Waals surface area contributed by atoms with Crippen LogP contribution in [0.4, 0.5) is 0 Å². The summed E-state index contributed by atoms with van der Waals surface area (Å²) in [4.78, 5) is 11.3. The summed E-state index contributed by atoms with van der Waals surface area (Å²) in [5, 5.41) is 23.1. The Morgan fingerprint density at radius 3 is 2.90 bits per heavy atom. The van der Waals surface area contributed by atoms with Crippen molar-refractivity contribution in [3.8, 4) is 11.3 Å². The van der Waals surface area contributed by atoms with E-state index in [9.17, 15) is 9.90 Å². The summed E-state index contributed by atoms with van der Waals surface area (Å²) in [6.45, 7) is 0.451. The third-order valence-electron chi connectivity index (χ3n) is 2.87. The SMILES string of the molecule is Cn1cc(-c2c(C(=O)O)nnn2Cc2csc(Br)c2)cn1. The molecule has 0 aliphatic carbocycles. The summed E-state index contributed by atoms with van der Waals surface area (Å²) in [7, 11) is 1.77. The molecule has 0 saturated carbocycles. The molecule has 3 aromatic heterocycles. The van der Waals surface area contributed by atoms with Crippen LogP contribution in [-0.2, 0) is 13.6 Å².